The fourth-order valence-corrected chi connectivity index (χ4v) is 12.1. The third-order valence-electron chi connectivity index (χ3n) is 15.0. The number of ketones is 2. The molecule has 3 heterocycles. The molecule has 1 aromatic carbocycles. The maximum atomic E-state index is 16.1. The number of aliphatic hydroxyl groups is 2. The predicted octanol–water partition coefficient (Wildman–Crippen LogP) is 4.61. The summed E-state index contributed by atoms with van der Waals surface area (Å²) in [6.45, 7) is 5.74. The number of fused-ring (bicyclic) bond motifs is 7. The highest BCUT2D eigenvalue weighted by atomic mass is 19.1. The zero-order valence-corrected chi connectivity index (χ0v) is 31.8. The summed E-state index contributed by atoms with van der Waals surface area (Å²) >= 11 is 0. The van der Waals surface area contributed by atoms with E-state index in [1.807, 2.05) is 22.5 Å². The van der Waals surface area contributed by atoms with Gasteiger partial charge in [0.15, 0.2) is 23.1 Å². The number of methoxy groups -OCH3 is 1. The molecule has 3 unspecified atom stereocenters. The molecule has 2 saturated heterocycles. The standard InChI is InChI=1S/C43H51FN3O8/c1-41-13-10-26(48)17-24(41)6-9-27-30-11-14-43(53,42(30,2)19-33(49)35(27)41)34(50)12-16-55-40(52)29-21-47(25-7-8-25)36-28(38(29)51)18-31(44)37(39(36)54-3)46-20-23-5-4-15-45-32(23)22-46/h10,12-13,17-18,21,23,25,27,30,32-33,35,45,49,53H,4-9,11,14-16,19-20,22H2,1-3H3/t23?,27-,30-,32?,33-,35?,41-,42-,43-/m1/s1. The van der Waals surface area contributed by atoms with Gasteiger partial charge >= 0.3 is 5.97 Å². The zero-order chi connectivity index (χ0) is 38.6. The lowest BCUT2D eigenvalue weighted by molar-refractivity contribution is -0.174. The highest BCUT2D eigenvalue weighted by molar-refractivity contribution is 6.01. The van der Waals surface area contributed by atoms with Crippen LogP contribution in [0.2, 0.25) is 0 Å². The smallest absolute Gasteiger partial charge is 0.343 e. The van der Waals surface area contributed by atoms with Gasteiger partial charge in [-0.25, -0.2) is 9.18 Å². The van der Waals surface area contributed by atoms with Gasteiger partial charge in [0.2, 0.25) is 5.43 Å². The number of hydrogen-bond acceptors (Lipinski definition) is 10. The zero-order valence-electron chi connectivity index (χ0n) is 31.8. The van der Waals surface area contributed by atoms with Gasteiger partial charge in [-0.15, -0.1) is 0 Å². The van der Waals surface area contributed by atoms with Crippen molar-refractivity contribution in [2.45, 2.75) is 95.4 Å². The number of pyridine rings is 1. The first-order valence-electron chi connectivity index (χ1n) is 20.1. The van der Waals surface area contributed by atoms with E-state index in [2.05, 4.69) is 12.2 Å². The first kappa shape index (κ1) is 36.7. The monoisotopic (exact) mass is 756 g/mol. The van der Waals surface area contributed by atoms with Gasteiger partial charge < -0.3 is 34.5 Å². The van der Waals surface area contributed by atoms with Crippen LogP contribution in [0, 0.1) is 46.7 Å². The van der Waals surface area contributed by atoms with Crippen molar-refractivity contribution in [2.24, 2.45) is 34.5 Å². The number of hydrogen-bond donors (Lipinski definition) is 3. The molecule has 55 heavy (non-hydrogen) atoms. The number of benzene rings is 1. The van der Waals surface area contributed by atoms with Crippen molar-refractivity contribution >= 4 is 34.1 Å². The van der Waals surface area contributed by atoms with Crippen LogP contribution in [0.4, 0.5) is 10.1 Å². The number of allylic oxidation sites excluding steroid dienone is 4. The van der Waals surface area contributed by atoms with E-state index in [0.717, 1.165) is 50.6 Å². The molecule has 0 bridgehead atoms. The Morgan fingerprint density at radius 3 is 2.67 bits per heavy atom. The molecule has 1 radical (unpaired) electrons. The maximum Gasteiger partial charge on any atom is 0.343 e. The highest BCUT2D eigenvalue weighted by Gasteiger charge is 2.68. The van der Waals surface area contributed by atoms with Crippen molar-refractivity contribution in [3.8, 4) is 5.75 Å². The summed E-state index contributed by atoms with van der Waals surface area (Å²) in [5.41, 5.74) is -2.31. The van der Waals surface area contributed by atoms with Crippen LogP contribution in [0.1, 0.15) is 88.0 Å². The molecule has 9 rings (SSSR count). The fraction of sp³-hybridized carbons (Fsp3) is 0.605. The average Bonchev–Trinajstić information content (AvgIpc) is 3.85. The predicted molar refractivity (Wildman–Crippen MR) is 202 cm³/mol. The molecule has 7 aliphatic rings. The Bertz CT molecular complexity index is 2090. The van der Waals surface area contributed by atoms with Crippen LogP contribution in [-0.4, -0.2) is 83.4 Å². The first-order valence-corrected chi connectivity index (χ1v) is 20.1. The Kier molecular flexibility index (Phi) is 8.75. The molecule has 3 N–H and O–H groups in total. The third kappa shape index (κ3) is 5.51. The van der Waals surface area contributed by atoms with E-state index in [1.54, 1.807) is 12.2 Å². The second-order valence-corrected chi connectivity index (χ2v) is 17.8. The summed E-state index contributed by atoms with van der Waals surface area (Å²) in [4.78, 5) is 55.6. The van der Waals surface area contributed by atoms with Crippen LogP contribution in [0.15, 0.2) is 40.9 Å². The number of anilines is 1. The van der Waals surface area contributed by atoms with Crippen molar-refractivity contribution in [1.82, 2.24) is 9.88 Å². The van der Waals surface area contributed by atoms with Crippen LogP contribution in [-0.2, 0) is 14.3 Å². The van der Waals surface area contributed by atoms with Crippen molar-refractivity contribution in [2.75, 3.05) is 38.3 Å². The lowest BCUT2D eigenvalue weighted by Gasteiger charge is -2.59. The van der Waals surface area contributed by atoms with Crippen molar-refractivity contribution in [3.05, 3.63) is 64.1 Å². The van der Waals surface area contributed by atoms with E-state index in [4.69, 9.17) is 9.47 Å². The van der Waals surface area contributed by atoms with Gasteiger partial charge in [0.05, 0.1) is 30.5 Å². The van der Waals surface area contributed by atoms with Crippen molar-refractivity contribution < 1.29 is 38.5 Å². The van der Waals surface area contributed by atoms with Crippen LogP contribution < -0.4 is 20.4 Å². The molecule has 12 heteroatoms. The topological polar surface area (TPSA) is 147 Å². The number of ether oxygens (including phenoxy) is 2. The second kappa shape index (κ2) is 13.1. The summed E-state index contributed by atoms with van der Waals surface area (Å²) in [5, 5.41) is 27.4. The number of carbonyl (C=O) groups excluding carboxylic acids is 3. The molecular weight excluding hydrogens is 705 g/mol. The normalized spacial score (nSPS) is 36.5. The Morgan fingerprint density at radius 2 is 1.93 bits per heavy atom. The van der Waals surface area contributed by atoms with Gasteiger partial charge in [-0.2, -0.15) is 0 Å². The van der Waals surface area contributed by atoms with Gasteiger partial charge in [-0.3, -0.25) is 14.4 Å². The summed E-state index contributed by atoms with van der Waals surface area (Å²) in [7, 11) is 1.48. The summed E-state index contributed by atoms with van der Waals surface area (Å²) in [5.74, 6) is -1.60. The molecule has 0 spiro atoms. The number of esters is 1. The number of piperidine rings is 1. The minimum absolute atomic E-state index is 0.000406. The van der Waals surface area contributed by atoms with E-state index in [0.29, 0.717) is 36.6 Å². The number of rotatable bonds is 8. The number of halogens is 1. The average molecular weight is 757 g/mol. The number of Topliss-reactive ketones (excluding diaryl/α,β-unsaturated/α-hetero) is 1. The Morgan fingerprint density at radius 1 is 1.13 bits per heavy atom. The maximum absolute atomic E-state index is 16.1. The highest BCUT2D eigenvalue weighted by Crippen LogP contribution is 2.67. The van der Waals surface area contributed by atoms with Gasteiger partial charge in [0.1, 0.15) is 23.5 Å². The van der Waals surface area contributed by atoms with Crippen molar-refractivity contribution in [3.63, 3.8) is 0 Å². The van der Waals surface area contributed by atoms with E-state index in [9.17, 15) is 29.4 Å². The molecular formula is C43H51FN3O8. The molecule has 4 saturated carbocycles. The van der Waals surface area contributed by atoms with Crippen LogP contribution >= 0.6 is 0 Å². The third-order valence-corrected chi connectivity index (χ3v) is 15.0. The lowest BCUT2D eigenvalue weighted by atomic mass is 9.46. The largest absolute Gasteiger partial charge is 0.492 e. The molecule has 0 amide bonds. The van der Waals surface area contributed by atoms with E-state index < -0.39 is 52.1 Å². The SMILES string of the molecule is COc1c(N2CC3CCCNC3C2)c(F)cc2c(=O)c(C(=O)OC[CH]C(=O)[C@]3(O)CC[C@@H]4[C@H]5CCC6=CC(=O)C=C[C@@]6(C)C5[C@H](O)C[C@]43C)cn(C3CC3)c12. The fourth-order valence-electron chi connectivity index (χ4n) is 12.1. The minimum Gasteiger partial charge on any atom is -0.492 e. The quantitative estimate of drug-likeness (QED) is 0.327. The Balaban J connectivity index is 0.933. The number of nitrogens with zero attached hydrogens (tertiary/aromatic N) is 2. The van der Waals surface area contributed by atoms with E-state index in [1.165, 1.54) is 25.8 Å². The van der Waals surface area contributed by atoms with Crippen LogP contribution in [0.25, 0.3) is 10.9 Å². The number of aliphatic hydroxyl groups excluding tert-OH is 1. The van der Waals surface area contributed by atoms with Gasteiger partial charge in [0, 0.05) is 48.1 Å². The summed E-state index contributed by atoms with van der Waals surface area (Å²) in [6, 6.07) is 1.47. The summed E-state index contributed by atoms with van der Waals surface area (Å²) in [6.07, 6.45) is 13.3. The first-order chi connectivity index (χ1) is 26.3. The van der Waals surface area contributed by atoms with Gasteiger partial charge in [0.25, 0.3) is 0 Å². The van der Waals surface area contributed by atoms with E-state index >= 15 is 4.39 Å². The molecule has 2 aromatic rings. The number of carbonyl (C=O) groups is 3. The molecule has 5 aliphatic carbocycles. The van der Waals surface area contributed by atoms with Gasteiger partial charge in [-0.05, 0) is 100 Å². The Labute approximate surface area is 319 Å². The Hall–Kier alpha value is -3.87. The molecule has 9 atom stereocenters. The molecule has 11 nitrogen and oxygen atoms in total. The molecule has 1 aromatic heterocycles. The summed E-state index contributed by atoms with van der Waals surface area (Å²) < 4.78 is 29.3. The minimum atomic E-state index is -1.78. The van der Waals surface area contributed by atoms with Crippen LogP contribution in [0.3, 0.4) is 0 Å². The van der Waals surface area contributed by atoms with Gasteiger partial charge in [-0.1, -0.05) is 25.5 Å². The number of aromatic nitrogens is 1. The molecule has 6 fully saturated rings. The molecule has 293 valence electrons. The van der Waals surface area contributed by atoms with E-state index in [-0.39, 0.29) is 65.2 Å². The second-order valence-electron chi connectivity index (χ2n) is 17.8. The molecule has 2 aliphatic heterocycles. The van der Waals surface area contributed by atoms with Crippen LogP contribution in [0.5, 0.6) is 5.75 Å². The number of nitrogens with one attached hydrogen (secondary N) is 1. The lowest BCUT2D eigenvalue weighted by Crippen LogP contribution is -2.61. The van der Waals surface area contributed by atoms with Crippen molar-refractivity contribution in [1.29, 1.82) is 0 Å².